The molecular weight excluding hydrogens is 346 g/mol. The zero-order valence-electron chi connectivity index (χ0n) is 10.8. The first-order chi connectivity index (χ1) is 9.29. The Hall–Kier alpha value is -1.36. The number of carboxylic acids is 1. The van der Waals surface area contributed by atoms with Gasteiger partial charge in [-0.15, -0.1) is 12.3 Å². The van der Waals surface area contributed by atoms with E-state index in [1.807, 2.05) is 0 Å². The van der Waals surface area contributed by atoms with E-state index in [1.54, 1.807) is 6.92 Å². The number of terminal acetylenes is 1. The van der Waals surface area contributed by atoms with Crippen molar-refractivity contribution >= 4 is 31.9 Å². The first kappa shape index (κ1) is 16.7. The van der Waals surface area contributed by atoms with Gasteiger partial charge >= 0.3 is 5.97 Å². The predicted octanol–water partition coefficient (Wildman–Crippen LogP) is 2.15. The molecule has 0 saturated heterocycles. The van der Waals surface area contributed by atoms with E-state index in [4.69, 9.17) is 11.5 Å². The van der Waals surface area contributed by atoms with Crippen LogP contribution < -0.4 is 4.72 Å². The highest BCUT2D eigenvalue weighted by molar-refractivity contribution is 9.10. The number of aromatic carboxylic acids is 1. The molecule has 0 radical (unpaired) electrons. The van der Waals surface area contributed by atoms with E-state index in [-0.39, 0.29) is 17.0 Å². The van der Waals surface area contributed by atoms with Gasteiger partial charge in [0.2, 0.25) is 10.0 Å². The molecule has 5 nitrogen and oxygen atoms in total. The second kappa shape index (κ2) is 6.88. The molecule has 0 unspecified atom stereocenters. The Balaban J connectivity index is 3.07. The molecule has 1 aromatic rings. The topological polar surface area (TPSA) is 83.5 Å². The normalized spacial score (nSPS) is 11.1. The van der Waals surface area contributed by atoms with Crippen molar-refractivity contribution in [2.45, 2.75) is 24.7 Å². The lowest BCUT2D eigenvalue weighted by atomic mass is 10.1. The highest BCUT2D eigenvalue weighted by Gasteiger charge is 2.19. The number of unbranched alkanes of at least 4 members (excludes halogenated alkanes) is 1. The number of rotatable bonds is 6. The number of nitrogens with one attached hydrogen (secondary N) is 1. The van der Waals surface area contributed by atoms with Crippen LogP contribution in [0, 0.1) is 19.3 Å². The molecule has 0 saturated carbocycles. The number of carbonyl (C=O) groups is 1. The Bertz CT molecular complexity index is 662. The van der Waals surface area contributed by atoms with Crippen molar-refractivity contribution < 1.29 is 18.3 Å². The van der Waals surface area contributed by atoms with Crippen LogP contribution in [0.1, 0.15) is 28.8 Å². The van der Waals surface area contributed by atoms with Gasteiger partial charge in [-0.05, 0) is 31.0 Å². The molecule has 0 spiro atoms. The molecule has 0 heterocycles. The fourth-order valence-electron chi connectivity index (χ4n) is 1.51. The molecule has 0 atom stereocenters. The van der Waals surface area contributed by atoms with E-state index in [2.05, 4.69) is 26.6 Å². The summed E-state index contributed by atoms with van der Waals surface area (Å²) < 4.78 is 26.9. The summed E-state index contributed by atoms with van der Waals surface area (Å²) in [6.07, 6.45) is 6.08. The molecule has 0 bridgehead atoms. The Morgan fingerprint density at radius 1 is 1.50 bits per heavy atom. The molecule has 0 aliphatic heterocycles. The molecule has 20 heavy (non-hydrogen) atoms. The van der Waals surface area contributed by atoms with E-state index < -0.39 is 16.0 Å². The van der Waals surface area contributed by atoms with E-state index in [9.17, 15) is 13.2 Å². The van der Waals surface area contributed by atoms with Crippen LogP contribution in [0.25, 0.3) is 0 Å². The molecule has 0 fully saturated rings. The second-order valence-corrected chi connectivity index (χ2v) is 6.71. The first-order valence-corrected chi connectivity index (χ1v) is 8.03. The average molecular weight is 360 g/mol. The maximum atomic E-state index is 12.1. The van der Waals surface area contributed by atoms with Gasteiger partial charge in [-0.2, -0.15) is 0 Å². The molecule has 108 valence electrons. The van der Waals surface area contributed by atoms with Crippen LogP contribution in [0.4, 0.5) is 0 Å². The second-order valence-electron chi connectivity index (χ2n) is 4.09. The summed E-state index contributed by atoms with van der Waals surface area (Å²) in [5, 5.41) is 9.07. The van der Waals surface area contributed by atoms with Crippen molar-refractivity contribution in [3.05, 3.63) is 27.7 Å². The third-order valence-electron chi connectivity index (χ3n) is 2.65. The summed E-state index contributed by atoms with van der Waals surface area (Å²) in [5.41, 5.74) is 0.423. The van der Waals surface area contributed by atoms with Gasteiger partial charge in [0.05, 0.1) is 10.5 Å². The zero-order valence-corrected chi connectivity index (χ0v) is 13.2. The number of sulfonamides is 1. The van der Waals surface area contributed by atoms with Gasteiger partial charge < -0.3 is 5.11 Å². The summed E-state index contributed by atoms with van der Waals surface area (Å²) in [6, 6.07) is 2.53. The van der Waals surface area contributed by atoms with Crippen LogP contribution in [0.5, 0.6) is 0 Å². The molecule has 0 aliphatic rings. The summed E-state index contributed by atoms with van der Waals surface area (Å²) >= 11 is 3.17. The Morgan fingerprint density at radius 3 is 2.70 bits per heavy atom. The fourth-order valence-corrected chi connectivity index (χ4v) is 3.25. The highest BCUT2D eigenvalue weighted by atomic mass is 79.9. The predicted molar refractivity (Wildman–Crippen MR) is 79.1 cm³/mol. The minimum absolute atomic E-state index is 0.0524. The average Bonchev–Trinajstić information content (AvgIpc) is 2.37. The van der Waals surface area contributed by atoms with Gasteiger partial charge in [0.15, 0.2) is 0 Å². The molecule has 0 amide bonds. The van der Waals surface area contributed by atoms with Crippen LogP contribution in [0.15, 0.2) is 21.5 Å². The number of halogens is 1. The van der Waals surface area contributed by atoms with Crippen molar-refractivity contribution in [3.8, 4) is 12.3 Å². The third-order valence-corrected chi connectivity index (χ3v) is 4.91. The van der Waals surface area contributed by atoms with Gasteiger partial charge in [-0.1, -0.05) is 15.9 Å². The van der Waals surface area contributed by atoms with Gasteiger partial charge in [-0.25, -0.2) is 17.9 Å². The quantitative estimate of drug-likeness (QED) is 0.602. The summed E-state index contributed by atoms with van der Waals surface area (Å²) in [4.78, 5) is 11.0. The van der Waals surface area contributed by atoms with Gasteiger partial charge in [0, 0.05) is 17.4 Å². The minimum Gasteiger partial charge on any atom is -0.478 e. The molecule has 1 rings (SSSR count). The Morgan fingerprint density at radius 2 is 2.15 bits per heavy atom. The van der Waals surface area contributed by atoms with Crippen molar-refractivity contribution in [1.29, 1.82) is 0 Å². The van der Waals surface area contributed by atoms with Gasteiger partial charge in [0.1, 0.15) is 0 Å². The van der Waals surface area contributed by atoms with Crippen LogP contribution >= 0.6 is 15.9 Å². The minimum atomic E-state index is -3.75. The summed E-state index contributed by atoms with van der Waals surface area (Å²) in [7, 11) is -3.75. The largest absolute Gasteiger partial charge is 0.478 e. The Labute approximate surface area is 126 Å². The highest BCUT2D eigenvalue weighted by Crippen LogP contribution is 2.24. The number of carboxylic acid groups (broad SMARTS) is 1. The smallest absolute Gasteiger partial charge is 0.336 e. The van der Waals surface area contributed by atoms with E-state index in [0.29, 0.717) is 22.9 Å². The standard InChI is InChI=1S/C13H14BrNO4S/c1-3-4-5-6-15-20(18,19)10-7-11(13(16)17)9(2)12(14)8-10/h1,7-8,15H,4-6H2,2H3,(H,16,17). The summed E-state index contributed by atoms with van der Waals surface area (Å²) in [5.74, 6) is 1.24. The summed E-state index contributed by atoms with van der Waals surface area (Å²) in [6.45, 7) is 1.81. The number of hydrogen-bond donors (Lipinski definition) is 2. The number of benzene rings is 1. The van der Waals surface area contributed by atoms with E-state index >= 15 is 0 Å². The lowest BCUT2D eigenvalue weighted by Gasteiger charge is -2.10. The molecule has 7 heteroatoms. The molecule has 1 aromatic carbocycles. The number of hydrogen-bond acceptors (Lipinski definition) is 3. The maximum Gasteiger partial charge on any atom is 0.336 e. The molecule has 0 aromatic heterocycles. The van der Waals surface area contributed by atoms with E-state index in [1.165, 1.54) is 6.07 Å². The lowest BCUT2D eigenvalue weighted by molar-refractivity contribution is 0.0695. The van der Waals surface area contributed by atoms with Crippen molar-refractivity contribution in [2.75, 3.05) is 6.54 Å². The lowest BCUT2D eigenvalue weighted by Crippen LogP contribution is -2.25. The van der Waals surface area contributed by atoms with Gasteiger partial charge in [-0.3, -0.25) is 0 Å². The monoisotopic (exact) mass is 359 g/mol. The van der Waals surface area contributed by atoms with Crippen molar-refractivity contribution in [3.63, 3.8) is 0 Å². The van der Waals surface area contributed by atoms with Crippen LogP contribution in [0.2, 0.25) is 0 Å². The third kappa shape index (κ3) is 4.07. The fraction of sp³-hybridized carbons (Fsp3) is 0.308. The van der Waals surface area contributed by atoms with Crippen LogP contribution in [-0.2, 0) is 10.0 Å². The molecule has 0 aliphatic carbocycles. The Kier molecular flexibility index (Phi) is 5.74. The van der Waals surface area contributed by atoms with E-state index in [0.717, 1.165) is 6.07 Å². The van der Waals surface area contributed by atoms with Gasteiger partial charge in [0.25, 0.3) is 0 Å². The first-order valence-electron chi connectivity index (χ1n) is 5.76. The van der Waals surface area contributed by atoms with Crippen molar-refractivity contribution in [2.24, 2.45) is 0 Å². The van der Waals surface area contributed by atoms with Crippen molar-refractivity contribution in [1.82, 2.24) is 4.72 Å². The van der Waals surface area contributed by atoms with Crippen LogP contribution in [-0.4, -0.2) is 26.0 Å². The zero-order chi connectivity index (χ0) is 15.3. The maximum absolute atomic E-state index is 12.1. The molecule has 2 N–H and O–H groups in total. The van der Waals surface area contributed by atoms with Crippen LogP contribution in [0.3, 0.4) is 0 Å². The molecular formula is C13H14BrNO4S. The SMILES string of the molecule is C#CCCCNS(=O)(=O)c1cc(Br)c(C)c(C(=O)O)c1.